The van der Waals surface area contributed by atoms with Crippen molar-refractivity contribution in [2.24, 2.45) is 0 Å². The summed E-state index contributed by atoms with van der Waals surface area (Å²) in [6.07, 6.45) is 3.24. The molecule has 0 saturated heterocycles. The van der Waals surface area contributed by atoms with Crippen molar-refractivity contribution in [2.45, 2.75) is 20.1 Å². The van der Waals surface area contributed by atoms with Gasteiger partial charge in [-0.2, -0.15) is 5.10 Å². The Hall–Kier alpha value is -3.78. The predicted octanol–water partition coefficient (Wildman–Crippen LogP) is 3.93. The Morgan fingerprint density at radius 1 is 1.22 bits per heavy atom. The number of nitrogens with zero attached hydrogens (tertiary/aromatic N) is 3. The number of halogens is 1. The van der Waals surface area contributed by atoms with Gasteiger partial charge in [-0.15, -0.1) is 0 Å². The van der Waals surface area contributed by atoms with Gasteiger partial charge in [0, 0.05) is 41.9 Å². The highest BCUT2D eigenvalue weighted by atomic mass is 19.1. The van der Waals surface area contributed by atoms with Crippen molar-refractivity contribution in [2.75, 3.05) is 13.7 Å². The third-order valence-corrected chi connectivity index (χ3v) is 5.22. The van der Waals surface area contributed by atoms with E-state index in [1.807, 2.05) is 6.92 Å². The van der Waals surface area contributed by atoms with Crippen molar-refractivity contribution in [3.63, 3.8) is 0 Å². The number of aliphatic hydroxyl groups is 1. The molecule has 164 valence electrons. The number of fused-ring (bicyclic) bond motifs is 1. The Morgan fingerprint density at radius 2 is 2.06 bits per heavy atom. The number of carbonyl (C=O) groups is 1. The average Bonchev–Trinajstić information content (AvgIpc) is 3.29. The summed E-state index contributed by atoms with van der Waals surface area (Å²) in [5.74, 6) is -0.0197. The first-order valence-corrected chi connectivity index (χ1v) is 10.2. The Labute approximate surface area is 184 Å². The zero-order chi connectivity index (χ0) is 22.7. The summed E-state index contributed by atoms with van der Waals surface area (Å²) in [4.78, 5) is 19.0. The van der Waals surface area contributed by atoms with Crippen LogP contribution in [0.25, 0.3) is 22.0 Å². The lowest BCUT2D eigenvalue weighted by molar-refractivity contribution is 0.0785. The van der Waals surface area contributed by atoms with Crippen molar-refractivity contribution in [3.05, 3.63) is 77.5 Å². The quantitative estimate of drug-likeness (QED) is 0.460. The summed E-state index contributed by atoms with van der Waals surface area (Å²) in [6, 6.07) is 11.4. The molecule has 0 atom stereocenters. The Morgan fingerprint density at radius 3 is 2.81 bits per heavy atom. The number of hydrogen-bond acceptors (Lipinski definition) is 5. The summed E-state index contributed by atoms with van der Waals surface area (Å²) < 4.78 is 19.5. The lowest BCUT2D eigenvalue weighted by Crippen LogP contribution is -2.26. The molecular weight excluding hydrogens is 411 g/mol. The van der Waals surface area contributed by atoms with Crippen LogP contribution in [0.1, 0.15) is 28.5 Å². The smallest absolute Gasteiger partial charge is 0.254 e. The fraction of sp³-hybridized carbons (Fsp3) is 0.208. The molecule has 4 rings (SSSR count). The molecule has 32 heavy (non-hydrogen) atoms. The van der Waals surface area contributed by atoms with E-state index in [0.717, 1.165) is 16.5 Å². The van der Waals surface area contributed by atoms with Gasteiger partial charge in [-0.3, -0.25) is 14.9 Å². The lowest BCUT2D eigenvalue weighted by Gasteiger charge is -2.19. The standard InChI is InChI=1S/C24H23FN4O3/c1-3-32-22-10-16(7-8-19(22)15-5-4-6-18(25)9-15)24(31)29(2)13-17-11-26-21(14-30)20-12-27-28-23(17)20/h4-12,30H,3,13-14H2,1-2H3,(H,27,28). The highest BCUT2D eigenvalue weighted by Gasteiger charge is 2.18. The molecule has 4 aromatic rings. The molecule has 0 aliphatic heterocycles. The normalized spacial score (nSPS) is 11.0. The van der Waals surface area contributed by atoms with Crippen molar-refractivity contribution in [1.82, 2.24) is 20.1 Å². The molecule has 1 amide bonds. The zero-order valence-corrected chi connectivity index (χ0v) is 17.8. The molecule has 0 spiro atoms. The van der Waals surface area contributed by atoms with Crippen LogP contribution >= 0.6 is 0 Å². The van der Waals surface area contributed by atoms with Gasteiger partial charge in [0.05, 0.1) is 30.6 Å². The maximum atomic E-state index is 13.7. The summed E-state index contributed by atoms with van der Waals surface area (Å²) in [5, 5.41) is 17.1. The number of aliphatic hydroxyl groups excluding tert-OH is 1. The molecule has 2 N–H and O–H groups in total. The van der Waals surface area contributed by atoms with Gasteiger partial charge in [0.25, 0.3) is 5.91 Å². The van der Waals surface area contributed by atoms with Gasteiger partial charge in [0.2, 0.25) is 0 Å². The molecule has 0 aliphatic carbocycles. The molecule has 7 nitrogen and oxygen atoms in total. The van der Waals surface area contributed by atoms with E-state index in [2.05, 4.69) is 15.2 Å². The number of H-pyrrole nitrogens is 1. The second kappa shape index (κ2) is 9.15. The molecular formula is C24H23FN4O3. The van der Waals surface area contributed by atoms with Gasteiger partial charge < -0.3 is 14.7 Å². The number of benzene rings is 2. The first-order chi connectivity index (χ1) is 15.5. The summed E-state index contributed by atoms with van der Waals surface area (Å²) in [6.45, 7) is 2.37. The van der Waals surface area contributed by atoms with E-state index in [0.29, 0.717) is 41.3 Å². The van der Waals surface area contributed by atoms with E-state index in [1.54, 1.807) is 54.7 Å². The highest BCUT2D eigenvalue weighted by Crippen LogP contribution is 2.32. The average molecular weight is 434 g/mol. The summed E-state index contributed by atoms with van der Waals surface area (Å²) in [5.41, 5.74) is 3.90. The highest BCUT2D eigenvalue weighted by molar-refractivity contribution is 5.95. The number of rotatable bonds is 7. The molecule has 2 heterocycles. The Balaban J connectivity index is 1.61. The van der Waals surface area contributed by atoms with E-state index in [4.69, 9.17) is 4.74 Å². The maximum Gasteiger partial charge on any atom is 0.254 e. The predicted molar refractivity (Wildman–Crippen MR) is 119 cm³/mol. The fourth-order valence-electron chi connectivity index (χ4n) is 3.66. The van der Waals surface area contributed by atoms with Gasteiger partial charge in [0.1, 0.15) is 11.6 Å². The van der Waals surface area contributed by atoms with Gasteiger partial charge in [-0.1, -0.05) is 12.1 Å². The third kappa shape index (κ3) is 4.17. The first kappa shape index (κ1) is 21.5. The SMILES string of the molecule is CCOc1cc(C(=O)N(C)Cc2cnc(CO)c3cn[nH]c23)ccc1-c1cccc(F)c1. The molecule has 0 fully saturated rings. The molecule has 0 bridgehead atoms. The van der Waals surface area contributed by atoms with Crippen molar-refractivity contribution in [1.29, 1.82) is 0 Å². The monoisotopic (exact) mass is 434 g/mol. The molecule has 0 saturated carbocycles. The van der Waals surface area contributed by atoms with Gasteiger partial charge in [-0.25, -0.2) is 4.39 Å². The number of carbonyl (C=O) groups excluding carboxylic acids is 1. The van der Waals surface area contributed by atoms with Crippen LogP contribution in [0.4, 0.5) is 4.39 Å². The van der Waals surface area contributed by atoms with Crippen LogP contribution in [0.15, 0.2) is 54.9 Å². The van der Waals surface area contributed by atoms with Crippen LogP contribution in [0.2, 0.25) is 0 Å². The molecule has 0 radical (unpaired) electrons. The van der Waals surface area contributed by atoms with Crippen LogP contribution in [-0.4, -0.2) is 44.7 Å². The lowest BCUT2D eigenvalue weighted by atomic mass is 10.0. The van der Waals surface area contributed by atoms with E-state index in [-0.39, 0.29) is 18.3 Å². The largest absolute Gasteiger partial charge is 0.493 e. The minimum Gasteiger partial charge on any atom is -0.493 e. The Kier molecular flexibility index (Phi) is 6.13. The minimum absolute atomic E-state index is 0.192. The maximum absolute atomic E-state index is 13.7. The van der Waals surface area contributed by atoms with Crippen LogP contribution < -0.4 is 4.74 Å². The topological polar surface area (TPSA) is 91.3 Å². The number of amides is 1. The van der Waals surface area contributed by atoms with E-state index >= 15 is 0 Å². The Bertz CT molecular complexity index is 1270. The van der Waals surface area contributed by atoms with E-state index in [1.165, 1.54) is 12.1 Å². The summed E-state index contributed by atoms with van der Waals surface area (Å²) in [7, 11) is 1.70. The van der Waals surface area contributed by atoms with Crippen LogP contribution in [-0.2, 0) is 13.2 Å². The van der Waals surface area contributed by atoms with Gasteiger partial charge in [0.15, 0.2) is 0 Å². The second-order valence-corrected chi connectivity index (χ2v) is 7.36. The summed E-state index contributed by atoms with van der Waals surface area (Å²) >= 11 is 0. The molecule has 0 aliphatic rings. The van der Waals surface area contributed by atoms with Crippen LogP contribution in [0, 0.1) is 5.82 Å². The second-order valence-electron chi connectivity index (χ2n) is 7.36. The fourth-order valence-corrected chi connectivity index (χ4v) is 3.66. The number of aromatic nitrogens is 3. The first-order valence-electron chi connectivity index (χ1n) is 10.2. The third-order valence-electron chi connectivity index (χ3n) is 5.22. The van der Waals surface area contributed by atoms with Crippen molar-refractivity contribution < 1.29 is 19.0 Å². The van der Waals surface area contributed by atoms with Crippen molar-refractivity contribution in [3.8, 4) is 16.9 Å². The van der Waals surface area contributed by atoms with Crippen LogP contribution in [0.3, 0.4) is 0 Å². The number of ether oxygens (including phenoxy) is 1. The van der Waals surface area contributed by atoms with Gasteiger partial charge in [-0.05, 0) is 42.8 Å². The number of hydrogen-bond donors (Lipinski definition) is 2. The number of pyridine rings is 1. The van der Waals surface area contributed by atoms with Gasteiger partial charge >= 0.3 is 0 Å². The zero-order valence-electron chi connectivity index (χ0n) is 17.8. The van der Waals surface area contributed by atoms with E-state index in [9.17, 15) is 14.3 Å². The molecule has 0 unspecified atom stereocenters. The molecule has 2 aromatic carbocycles. The number of aromatic amines is 1. The molecule has 2 aromatic heterocycles. The van der Waals surface area contributed by atoms with Crippen LogP contribution in [0.5, 0.6) is 5.75 Å². The van der Waals surface area contributed by atoms with E-state index < -0.39 is 0 Å². The minimum atomic E-state index is -0.337. The number of nitrogens with one attached hydrogen (secondary N) is 1. The molecule has 8 heteroatoms. The van der Waals surface area contributed by atoms with Crippen molar-refractivity contribution >= 4 is 16.8 Å².